The Morgan fingerprint density at radius 1 is 1.44 bits per heavy atom. The Labute approximate surface area is 96.7 Å². The number of hydrogen-bond donors (Lipinski definition) is 3. The minimum Gasteiger partial charge on any atom is -0.392 e. The Bertz CT molecular complexity index is 273. The van der Waals surface area contributed by atoms with Crippen LogP contribution in [-0.4, -0.2) is 27.1 Å². The first-order valence-corrected chi connectivity index (χ1v) is 6.21. The van der Waals surface area contributed by atoms with Gasteiger partial charge < -0.3 is 14.9 Å². The van der Waals surface area contributed by atoms with E-state index in [1.165, 1.54) is 19.9 Å². The highest BCUT2D eigenvalue weighted by Gasteiger charge is 2.25. The van der Waals surface area contributed by atoms with Crippen LogP contribution in [0.2, 0.25) is 0 Å². The summed E-state index contributed by atoms with van der Waals surface area (Å²) in [6.07, 6.45) is 3.09. The summed E-state index contributed by atoms with van der Waals surface area (Å²) in [6, 6.07) is 0. The standard InChI is InChI=1S/C5H11O4P.C5H10O/c1-4-5(2,3)9-10(6,7)8;1-5(2)3-4-6/h4H,1H2,2-3H3,(H2,6,7,8);3,6H,4H2,1-2H3. The number of aliphatic hydroxyl groups is 1. The number of allylic oxidation sites excluding steroid dienone is 1. The van der Waals surface area contributed by atoms with Gasteiger partial charge in [-0.3, -0.25) is 4.52 Å². The van der Waals surface area contributed by atoms with E-state index in [2.05, 4.69) is 11.1 Å². The van der Waals surface area contributed by atoms with Crippen molar-refractivity contribution >= 4 is 7.82 Å². The normalized spacial score (nSPS) is 11.2. The van der Waals surface area contributed by atoms with E-state index in [1.54, 1.807) is 6.08 Å². The van der Waals surface area contributed by atoms with E-state index in [0.717, 1.165) is 5.57 Å². The van der Waals surface area contributed by atoms with Crippen molar-refractivity contribution < 1.29 is 24.0 Å². The van der Waals surface area contributed by atoms with Gasteiger partial charge in [-0.1, -0.05) is 17.7 Å². The second-order valence-corrected chi connectivity index (χ2v) is 5.02. The third-order valence-electron chi connectivity index (χ3n) is 1.35. The molecule has 0 saturated heterocycles. The SMILES string of the molecule is C=CC(C)(C)OP(=O)(O)O.CC(C)=CCO. The van der Waals surface area contributed by atoms with Crippen molar-refractivity contribution in [1.29, 1.82) is 0 Å². The predicted octanol–water partition coefficient (Wildman–Crippen LogP) is 2.01. The molecule has 5 nitrogen and oxygen atoms in total. The lowest BCUT2D eigenvalue weighted by Gasteiger charge is -2.20. The van der Waals surface area contributed by atoms with Crippen LogP contribution in [0.1, 0.15) is 27.7 Å². The molecule has 0 bridgehead atoms. The van der Waals surface area contributed by atoms with Gasteiger partial charge in [-0.25, -0.2) is 4.57 Å². The highest BCUT2D eigenvalue weighted by Crippen LogP contribution is 2.41. The van der Waals surface area contributed by atoms with Gasteiger partial charge >= 0.3 is 7.82 Å². The first kappa shape index (κ1) is 17.9. The Morgan fingerprint density at radius 2 is 1.88 bits per heavy atom. The van der Waals surface area contributed by atoms with E-state index in [-0.39, 0.29) is 6.61 Å². The molecule has 0 aromatic rings. The van der Waals surface area contributed by atoms with E-state index in [9.17, 15) is 4.57 Å². The van der Waals surface area contributed by atoms with Gasteiger partial charge in [-0.2, -0.15) is 0 Å². The molecule has 3 N–H and O–H groups in total. The summed E-state index contributed by atoms with van der Waals surface area (Å²) in [7, 11) is -4.38. The maximum absolute atomic E-state index is 10.2. The Hall–Kier alpha value is -0.450. The van der Waals surface area contributed by atoms with Crippen molar-refractivity contribution in [2.45, 2.75) is 33.3 Å². The molecular weight excluding hydrogens is 231 g/mol. The lowest BCUT2D eigenvalue weighted by atomic mass is 10.1. The zero-order chi connectivity index (χ0) is 13.4. The minimum absolute atomic E-state index is 0.169. The Morgan fingerprint density at radius 3 is 1.94 bits per heavy atom. The van der Waals surface area contributed by atoms with Gasteiger partial charge in [-0.05, 0) is 27.7 Å². The van der Waals surface area contributed by atoms with Gasteiger partial charge in [-0.15, -0.1) is 6.58 Å². The molecule has 0 aliphatic heterocycles. The fourth-order valence-electron chi connectivity index (χ4n) is 0.526. The van der Waals surface area contributed by atoms with Crippen LogP contribution in [0.25, 0.3) is 0 Å². The first-order valence-electron chi connectivity index (χ1n) is 4.68. The molecule has 0 spiro atoms. The fourth-order valence-corrected chi connectivity index (χ4v) is 1.21. The van der Waals surface area contributed by atoms with Crippen LogP contribution in [-0.2, 0) is 9.09 Å². The molecule has 0 unspecified atom stereocenters. The van der Waals surface area contributed by atoms with Crippen LogP contribution in [0.5, 0.6) is 0 Å². The third-order valence-corrected chi connectivity index (χ3v) is 2.05. The number of rotatable bonds is 4. The maximum Gasteiger partial charge on any atom is 0.470 e. The second-order valence-electron chi connectivity index (χ2n) is 3.85. The van der Waals surface area contributed by atoms with Gasteiger partial charge in [0, 0.05) is 0 Å². The van der Waals surface area contributed by atoms with E-state index >= 15 is 0 Å². The number of aliphatic hydroxyl groups excluding tert-OH is 1. The van der Waals surface area contributed by atoms with Gasteiger partial charge in [0.15, 0.2) is 0 Å². The van der Waals surface area contributed by atoms with Crippen LogP contribution in [0.15, 0.2) is 24.3 Å². The van der Waals surface area contributed by atoms with E-state index in [1.807, 2.05) is 13.8 Å². The molecule has 0 fully saturated rings. The lowest BCUT2D eigenvalue weighted by Crippen LogP contribution is -2.18. The van der Waals surface area contributed by atoms with Crippen molar-refractivity contribution in [3.8, 4) is 0 Å². The summed E-state index contributed by atoms with van der Waals surface area (Å²) < 4.78 is 14.6. The molecule has 0 amide bonds. The quantitative estimate of drug-likeness (QED) is 0.526. The molecule has 0 saturated carbocycles. The topological polar surface area (TPSA) is 87.0 Å². The molecule has 0 atom stereocenters. The third kappa shape index (κ3) is 16.0. The number of phosphoric acid groups is 1. The van der Waals surface area contributed by atoms with Gasteiger partial charge in [0.05, 0.1) is 12.2 Å². The summed E-state index contributed by atoms with van der Waals surface area (Å²) >= 11 is 0. The number of hydrogen-bond acceptors (Lipinski definition) is 3. The van der Waals surface area contributed by atoms with E-state index in [4.69, 9.17) is 14.9 Å². The van der Waals surface area contributed by atoms with Gasteiger partial charge in [0.1, 0.15) is 0 Å². The summed E-state index contributed by atoms with van der Waals surface area (Å²) in [5.41, 5.74) is 0.191. The van der Waals surface area contributed by atoms with Crippen molar-refractivity contribution in [3.05, 3.63) is 24.3 Å². The maximum atomic E-state index is 10.2. The Balaban J connectivity index is 0. The fraction of sp³-hybridized carbons (Fsp3) is 0.600. The highest BCUT2D eigenvalue weighted by molar-refractivity contribution is 7.46. The largest absolute Gasteiger partial charge is 0.470 e. The summed E-state index contributed by atoms with van der Waals surface area (Å²) in [5, 5.41) is 8.16. The molecule has 0 aromatic carbocycles. The van der Waals surface area contributed by atoms with Crippen molar-refractivity contribution in [2.24, 2.45) is 0 Å². The molecule has 0 aliphatic carbocycles. The zero-order valence-electron chi connectivity index (χ0n) is 10.2. The second kappa shape index (κ2) is 7.76. The van der Waals surface area contributed by atoms with Crippen LogP contribution < -0.4 is 0 Å². The molecule has 0 aromatic heterocycles. The lowest BCUT2D eigenvalue weighted by molar-refractivity contribution is 0.104. The molecule has 0 rings (SSSR count). The van der Waals surface area contributed by atoms with E-state index < -0.39 is 13.4 Å². The molecule has 0 heterocycles. The summed E-state index contributed by atoms with van der Waals surface area (Å²) in [4.78, 5) is 16.7. The average molecular weight is 252 g/mol. The van der Waals surface area contributed by atoms with Crippen LogP contribution in [0, 0.1) is 0 Å². The number of phosphoric ester groups is 1. The van der Waals surface area contributed by atoms with Gasteiger partial charge in [0.25, 0.3) is 0 Å². The molecule has 6 heteroatoms. The molecule has 0 aliphatic rings. The van der Waals surface area contributed by atoms with Crippen molar-refractivity contribution in [3.63, 3.8) is 0 Å². The smallest absolute Gasteiger partial charge is 0.392 e. The van der Waals surface area contributed by atoms with Crippen LogP contribution >= 0.6 is 7.82 Å². The van der Waals surface area contributed by atoms with E-state index in [0.29, 0.717) is 0 Å². The average Bonchev–Trinajstić information content (AvgIpc) is 2.00. The Kier molecular flexibility index (Phi) is 8.70. The molecule has 16 heavy (non-hydrogen) atoms. The van der Waals surface area contributed by atoms with Crippen LogP contribution in [0.4, 0.5) is 0 Å². The molecule has 0 radical (unpaired) electrons. The summed E-state index contributed by atoms with van der Waals surface area (Å²) in [6.45, 7) is 10.5. The first-order chi connectivity index (χ1) is 7.04. The van der Waals surface area contributed by atoms with Crippen molar-refractivity contribution in [1.82, 2.24) is 0 Å². The zero-order valence-corrected chi connectivity index (χ0v) is 11.1. The van der Waals surface area contributed by atoms with Crippen LogP contribution in [0.3, 0.4) is 0 Å². The minimum atomic E-state index is -4.38. The highest BCUT2D eigenvalue weighted by atomic mass is 31.2. The van der Waals surface area contributed by atoms with Crippen molar-refractivity contribution in [2.75, 3.05) is 6.61 Å². The monoisotopic (exact) mass is 252 g/mol. The molecule has 96 valence electrons. The summed E-state index contributed by atoms with van der Waals surface area (Å²) in [5.74, 6) is 0. The molecular formula is C10H21O5P. The van der Waals surface area contributed by atoms with Gasteiger partial charge in [0.2, 0.25) is 0 Å². The predicted molar refractivity (Wildman–Crippen MR) is 63.9 cm³/mol.